The maximum absolute atomic E-state index is 13.7. The Bertz CT molecular complexity index is 559. The summed E-state index contributed by atoms with van der Waals surface area (Å²) in [5.74, 6) is -2.61. The molecule has 3 N–H and O–H groups in total. The molecule has 19 heavy (non-hydrogen) atoms. The number of primary amides is 1. The number of aryl methyl sites for hydroxylation is 1. The Balaban J connectivity index is 3.15. The van der Waals surface area contributed by atoms with Gasteiger partial charge >= 0.3 is 0 Å². The van der Waals surface area contributed by atoms with Crippen LogP contribution in [-0.4, -0.2) is 22.8 Å². The number of nitrogens with two attached hydrogens (primary N) is 1. The van der Waals surface area contributed by atoms with E-state index in [1.54, 1.807) is 0 Å². The van der Waals surface area contributed by atoms with Gasteiger partial charge in [-0.15, -0.1) is 0 Å². The minimum absolute atomic E-state index is 0.0360. The molecule has 0 saturated carbocycles. The van der Waals surface area contributed by atoms with Crippen molar-refractivity contribution in [1.82, 2.24) is 5.32 Å². The van der Waals surface area contributed by atoms with Gasteiger partial charge < -0.3 is 11.1 Å². The number of nitro groups is 1. The Morgan fingerprint density at radius 2 is 2.05 bits per heavy atom. The van der Waals surface area contributed by atoms with Crippen LogP contribution in [0.25, 0.3) is 0 Å². The van der Waals surface area contributed by atoms with E-state index in [1.807, 2.05) is 0 Å². The van der Waals surface area contributed by atoms with Crippen molar-refractivity contribution in [1.29, 1.82) is 0 Å². The quantitative estimate of drug-likeness (QED) is 0.616. The van der Waals surface area contributed by atoms with Crippen molar-refractivity contribution in [2.24, 2.45) is 5.73 Å². The molecule has 0 radical (unpaired) electrons. The lowest BCUT2D eigenvalue weighted by molar-refractivity contribution is -0.385. The van der Waals surface area contributed by atoms with E-state index in [-0.39, 0.29) is 5.56 Å². The second kappa shape index (κ2) is 5.42. The van der Waals surface area contributed by atoms with Crippen LogP contribution in [0, 0.1) is 22.9 Å². The molecule has 0 aromatic heterocycles. The molecule has 1 aromatic carbocycles. The molecule has 0 aliphatic carbocycles. The van der Waals surface area contributed by atoms with Gasteiger partial charge in [-0.05, 0) is 19.4 Å². The number of rotatable bonds is 4. The monoisotopic (exact) mass is 269 g/mol. The van der Waals surface area contributed by atoms with Crippen LogP contribution in [0.3, 0.4) is 0 Å². The highest BCUT2D eigenvalue weighted by molar-refractivity contribution is 5.98. The number of hydrogen-bond acceptors (Lipinski definition) is 4. The summed E-state index contributed by atoms with van der Waals surface area (Å²) < 4.78 is 13.7. The Kier molecular flexibility index (Phi) is 4.15. The van der Waals surface area contributed by atoms with E-state index in [1.165, 1.54) is 13.8 Å². The summed E-state index contributed by atoms with van der Waals surface area (Å²) >= 11 is 0. The predicted molar refractivity (Wildman–Crippen MR) is 63.9 cm³/mol. The minimum Gasteiger partial charge on any atom is -0.368 e. The molecule has 1 rings (SSSR count). The van der Waals surface area contributed by atoms with Crippen LogP contribution in [0.1, 0.15) is 22.8 Å². The summed E-state index contributed by atoms with van der Waals surface area (Å²) in [5, 5.41) is 12.8. The second-order valence-corrected chi connectivity index (χ2v) is 3.98. The topological polar surface area (TPSA) is 115 Å². The number of benzene rings is 1. The molecule has 102 valence electrons. The summed E-state index contributed by atoms with van der Waals surface area (Å²) in [7, 11) is 0. The van der Waals surface area contributed by atoms with Gasteiger partial charge in [0.1, 0.15) is 11.9 Å². The highest BCUT2D eigenvalue weighted by Gasteiger charge is 2.21. The maximum Gasteiger partial charge on any atom is 0.270 e. The largest absolute Gasteiger partial charge is 0.368 e. The van der Waals surface area contributed by atoms with E-state index in [2.05, 4.69) is 5.32 Å². The third-order valence-electron chi connectivity index (χ3n) is 2.47. The predicted octanol–water partition coefficient (Wildman–Crippen LogP) is 0.646. The number of halogens is 1. The molecule has 1 aromatic rings. The standard InChI is InChI=1S/C11H12FN3O4/c1-5-3-7(15(18)19)4-8(9(5)12)11(17)14-6(2)10(13)16/h3-4,6H,1-2H3,(H2,13,16)(H,14,17). The van der Waals surface area contributed by atoms with Crippen LogP contribution >= 0.6 is 0 Å². The number of carbonyl (C=O) groups excluding carboxylic acids is 2. The number of hydrogen-bond donors (Lipinski definition) is 2. The highest BCUT2D eigenvalue weighted by atomic mass is 19.1. The van der Waals surface area contributed by atoms with E-state index < -0.39 is 39.8 Å². The molecule has 0 heterocycles. The Labute approximate surface area is 107 Å². The molecule has 0 aliphatic rings. The van der Waals surface area contributed by atoms with Crippen LogP contribution in [0.2, 0.25) is 0 Å². The van der Waals surface area contributed by atoms with Crippen molar-refractivity contribution in [3.63, 3.8) is 0 Å². The average Bonchev–Trinajstić information content (AvgIpc) is 2.31. The lowest BCUT2D eigenvalue weighted by atomic mass is 10.1. The number of non-ortho nitro benzene ring substituents is 1. The zero-order valence-electron chi connectivity index (χ0n) is 10.3. The third-order valence-corrected chi connectivity index (χ3v) is 2.47. The highest BCUT2D eigenvalue weighted by Crippen LogP contribution is 2.21. The molecule has 8 heteroatoms. The maximum atomic E-state index is 13.7. The molecule has 0 fully saturated rings. The third kappa shape index (κ3) is 3.24. The summed E-state index contributed by atoms with van der Waals surface area (Å²) in [6.45, 7) is 2.62. The van der Waals surface area contributed by atoms with E-state index >= 15 is 0 Å². The lowest BCUT2D eigenvalue weighted by Crippen LogP contribution is -2.42. The zero-order valence-corrected chi connectivity index (χ0v) is 10.3. The molecule has 1 atom stereocenters. The summed E-state index contributed by atoms with van der Waals surface area (Å²) in [5.41, 5.74) is 4.01. The van der Waals surface area contributed by atoms with Gasteiger partial charge in [-0.3, -0.25) is 19.7 Å². The van der Waals surface area contributed by atoms with Gasteiger partial charge in [-0.25, -0.2) is 4.39 Å². The van der Waals surface area contributed by atoms with E-state index in [0.29, 0.717) is 0 Å². The fraction of sp³-hybridized carbons (Fsp3) is 0.273. The molecule has 1 unspecified atom stereocenters. The van der Waals surface area contributed by atoms with E-state index in [0.717, 1.165) is 12.1 Å². The van der Waals surface area contributed by atoms with Crippen LogP contribution in [-0.2, 0) is 4.79 Å². The molecule has 0 spiro atoms. The Morgan fingerprint density at radius 1 is 1.47 bits per heavy atom. The fourth-order valence-electron chi connectivity index (χ4n) is 1.37. The first kappa shape index (κ1) is 14.6. The van der Waals surface area contributed by atoms with Crippen molar-refractivity contribution in [3.8, 4) is 0 Å². The molecule has 0 saturated heterocycles. The zero-order chi connectivity index (χ0) is 14.7. The molecule has 0 aliphatic heterocycles. The summed E-state index contributed by atoms with van der Waals surface area (Å²) in [4.78, 5) is 32.4. The Morgan fingerprint density at radius 3 is 2.53 bits per heavy atom. The summed E-state index contributed by atoms with van der Waals surface area (Å²) in [6.07, 6.45) is 0. The number of nitro benzene ring substituents is 1. The SMILES string of the molecule is Cc1cc([N+](=O)[O-])cc(C(=O)NC(C)C(N)=O)c1F. The van der Waals surface area contributed by atoms with Gasteiger partial charge in [0, 0.05) is 12.1 Å². The number of nitrogens with one attached hydrogen (secondary N) is 1. The van der Waals surface area contributed by atoms with Gasteiger partial charge in [0.2, 0.25) is 5.91 Å². The van der Waals surface area contributed by atoms with Crippen LogP contribution in [0.5, 0.6) is 0 Å². The van der Waals surface area contributed by atoms with Crippen LogP contribution in [0.15, 0.2) is 12.1 Å². The molecule has 0 bridgehead atoms. The van der Waals surface area contributed by atoms with Gasteiger partial charge in [-0.1, -0.05) is 0 Å². The molecular weight excluding hydrogens is 257 g/mol. The first-order chi connectivity index (χ1) is 8.73. The Hall–Kier alpha value is -2.51. The van der Waals surface area contributed by atoms with E-state index in [9.17, 15) is 24.1 Å². The smallest absolute Gasteiger partial charge is 0.270 e. The fourth-order valence-corrected chi connectivity index (χ4v) is 1.37. The minimum atomic E-state index is -1.01. The van der Waals surface area contributed by atoms with Gasteiger partial charge in [0.05, 0.1) is 10.5 Å². The van der Waals surface area contributed by atoms with Crippen molar-refractivity contribution in [3.05, 3.63) is 39.2 Å². The first-order valence-corrected chi connectivity index (χ1v) is 5.28. The van der Waals surface area contributed by atoms with Gasteiger partial charge in [-0.2, -0.15) is 0 Å². The van der Waals surface area contributed by atoms with Gasteiger partial charge in [0.15, 0.2) is 0 Å². The first-order valence-electron chi connectivity index (χ1n) is 5.28. The van der Waals surface area contributed by atoms with Crippen LogP contribution < -0.4 is 11.1 Å². The number of amides is 2. The van der Waals surface area contributed by atoms with Gasteiger partial charge in [0.25, 0.3) is 11.6 Å². The van der Waals surface area contributed by atoms with Crippen molar-refractivity contribution >= 4 is 17.5 Å². The second-order valence-electron chi connectivity index (χ2n) is 3.98. The van der Waals surface area contributed by atoms with Crippen LogP contribution in [0.4, 0.5) is 10.1 Å². The molecular formula is C11H12FN3O4. The number of nitrogens with zero attached hydrogens (tertiary/aromatic N) is 1. The number of carbonyl (C=O) groups is 2. The average molecular weight is 269 g/mol. The lowest BCUT2D eigenvalue weighted by Gasteiger charge is -2.11. The molecule has 7 nitrogen and oxygen atoms in total. The van der Waals surface area contributed by atoms with Crippen molar-refractivity contribution in [2.45, 2.75) is 19.9 Å². The van der Waals surface area contributed by atoms with E-state index in [4.69, 9.17) is 5.73 Å². The summed E-state index contributed by atoms with van der Waals surface area (Å²) in [6, 6.07) is 0.820. The van der Waals surface area contributed by atoms with Crippen molar-refractivity contribution in [2.75, 3.05) is 0 Å². The normalized spacial score (nSPS) is 11.7. The molecule has 2 amide bonds. The van der Waals surface area contributed by atoms with Crippen molar-refractivity contribution < 1.29 is 18.9 Å².